The molecule has 23 heavy (non-hydrogen) atoms. The molecule has 3 nitrogen and oxygen atoms in total. The molecule has 1 aliphatic carbocycles. The molecule has 118 valence electrons. The van der Waals surface area contributed by atoms with Crippen LogP contribution in [0, 0.1) is 11.6 Å². The van der Waals surface area contributed by atoms with Crippen LogP contribution in [0.25, 0.3) is 11.1 Å². The first kappa shape index (κ1) is 14.2. The van der Waals surface area contributed by atoms with E-state index in [0.717, 1.165) is 35.6 Å². The van der Waals surface area contributed by atoms with Crippen LogP contribution < -0.4 is 5.73 Å². The molecule has 1 spiro atoms. The molecule has 2 aromatic carbocycles. The Bertz CT molecular complexity index is 798. The average Bonchev–Trinajstić information content (AvgIpc) is 2.86. The summed E-state index contributed by atoms with van der Waals surface area (Å²) in [6.45, 7) is 0.567. The molecule has 2 aromatic rings. The third kappa shape index (κ3) is 2.46. The van der Waals surface area contributed by atoms with Gasteiger partial charge in [-0.25, -0.2) is 13.8 Å². The van der Waals surface area contributed by atoms with E-state index in [-0.39, 0.29) is 11.6 Å². The minimum Gasteiger partial charge on any atom is -0.456 e. The smallest absolute Gasteiger partial charge is 0.282 e. The average molecular weight is 314 g/mol. The van der Waals surface area contributed by atoms with Crippen LogP contribution >= 0.6 is 0 Å². The normalized spacial score (nSPS) is 22.6. The molecule has 0 aromatic heterocycles. The van der Waals surface area contributed by atoms with E-state index in [0.29, 0.717) is 18.5 Å². The highest BCUT2D eigenvalue weighted by Gasteiger charge is 2.40. The van der Waals surface area contributed by atoms with Crippen molar-refractivity contribution in [3.05, 3.63) is 59.2 Å². The number of nitrogens with zero attached hydrogens (tertiary/aromatic N) is 1. The summed E-state index contributed by atoms with van der Waals surface area (Å²) < 4.78 is 32.8. The fraction of sp³-hybridized carbons (Fsp3) is 0.278. The van der Waals surface area contributed by atoms with Gasteiger partial charge in [0.15, 0.2) is 0 Å². The third-order valence-electron chi connectivity index (χ3n) is 4.63. The Hall–Kier alpha value is -2.43. The summed E-state index contributed by atoms with van der Waals surface area (Å²) in [7, 11) is 0. The van der Waals surface area contributed by atoms with Crippen molar-refractivity contribution < 1.29 is 13.5 Å². The second-order valence-corrected chi connectivity index (χ2v) is 6.22. The monoisotopic (exact) mass is 314 g/mol. The fourth-order valence-electron chi connectivity index (χ4n) is 3.59. The molecule has 0 saturated heterocycles. The first-order valence-corrected chi connectivity index (χ1v) is 7.61. The Morgan fingerprint density at radius 1 is 1.13 bits per heavy atom. The summed E-state index contributed by atoms with van der Waals surface area (Å²) in [5.74, 6) is -1.13. The van der Waals surface area contributed by atoms with Crippen LogP contribution in [-0.2, 0) is 17.6 Å². The number of benzene rings is 2. The van der Waals surface area contributed by atoms with Crippen LogP contribution in [0.15, 0.2) is 41.4 Å². The predicted octanol–water partition coefficient (Wildman–Crippen LogP) is 3.20. The molecular weight excluding hydrogens is 298 g/mol. The maximum atomic E-state index is 13.5. The van der Waals surface area contributed by atoms with Crippen molar-refractivity contribution in [3.8, 4) is 11.1 Å². The first-order valence-electron chi connectivity index (χ1n) is 7.61. The topological polar surface area (TPSA) is 47.6 Å². The van der Waals surface area contributed by atoms with Gasteiger partial charge in [0.2, 0.25) is 0 Å². The number of ether oxygens (including phenoxy) is 1. The molecule has 1 aliphatic heterocycles. The molecule has 0 amide bonds. The van der Waals surface area contributed by atoms with E-state index < -0.39 is 11.6 Å². The van der Waals surface area contributed by atoms with Crippen molar-refractivity contribution in [1.82, 2.24) is 0 Å². The van der Waals surface area contributed by atoms with Gasteiger partial charge in [0, 0.05) is 12.5 Å². The molecule has 1 unspecified atom stereocenters. The maximum absolute atomic E-state index is 13.5. The van der Waals surface area contributed by atoms with E-state index >= 15 is 0 Å². The van der Waals surface area contributed by atoms with E-state index in [1.807, 2.05) is 18.2 Å². The van der Waals surface area contributed by atoms with Crippen molar-refractivity contribution >= 4 is 6.02 Å². The van der Waals surface area contributed by atoms with Crippen LogP contribution in [-0.4, -0.2) is 18.2 Å². The summed E-state index contributed by atoms with van der Waals surface area (Å²) >= 11 is 0. The molecule has 4 rings (SSSR count). The molecule has 1 atom stereocenters. The largest absolute Gasteiger partial charge is 0.456 e. The summed E-state index contributed by atoms with van der Waals surface area (Å²) in [4.78, 5) is 4.16. The highest BCUT2D eigenvalue weighted by atomic mass is 19.1. The van der Waals surface area contributed by atoms with E-state index in [9.17, 15) is 8.78 Å². The van der Waals surface area contributed by atoms with Gasteiger partial charge < -0.3 is 10.5 Å². The fourth-order valence-corrected chi connectivity index (χ4v) is 3.59. The lowest BCUT2D eigenvalue weighted by Crippen LogP contribution is -2.40. The number of aliphatic imine (C=N–C) groups is 1. The zero-order valence-corrected chi connectivity index (χ0v) is 12.5. The molecule has 0 bridgehead atoms. The molecule has 0 fully saturated rings. The molecule has 0 saturated carbocycles. The molecule has 2 N–H and O–H groups in total. The van der Waals surface area contributed by atoms with Crippen LogP contribution in [0.2, 0.25) is 0 Å². The lowest BCUT2D eigenvalue weighted by Gasteiger charge is -2.34. The van der Waals surface area contributed by atoms with Crippen LogP contribution in [0.1, 0.15) is 17.5 Å². The third-order valence-corrected chi connectivity index (χ3v) is 4.63. The van der Waals surface area contributed by atoms with Gasteiger partial charge in [-0.3, -0.25) is 0 Å². The van der Waals surface area contributed by atoms with Crippen molar-refractivity contribution in [2.45, 2.75) is 24.9 Å². The Morgan fingerprint density at radius 2 is 1.91 bits per heavy atom. The minimum absolute atomic E-state index is 0.247. The number of nitrogens with two attached hydrogens (primary N) is 1. The zero-order chi connectivity index (χ0) is 16.0. The standard InChI is InChI=1S/C18H16F2N2O/c19-13-6-12(7-14(20)8-13)15-3-1-2-11-9-18(5-4-16(11)15)10-22-17(21)23-18/h1-3,6-8H,4-5,9-10H2,(H2,21,22). The molecule has 5 heteroatoms. The van der Waals surface area contributed by atoms with Gasteiger partial charge in [0.25, 0.3) is 6.02 Å². The van der Waals surface area contributed by atoms with E-state index in [1.54, 1.807) is 0 Å². The van der Waals surface area contributed by atoms with Gasteiger partial charge in [0.1, 0.15) is 17.2 Å². The van der Waals surface area contributed by atoms with Gasteiger partial charge in [-0.15, -0.1) is 0 Å². The van der Waals surface area contributed by atoms with Crippen molar-refractivity contribution in [2.75, 3.05) is 6.54 Å². The summed E-state index contributed by atoms with van der Waals surface area (Å²) in [6, 6.07) is 9.73. The number of halogens is 2. The number of fused-ring (bicyclic) bond motifs is 1. The van der Waals surface area contributed by atoms with Crippen molar-refractivity contribution in [2.24, 2.45) is 10.7 Å². The summed E-state index contributed by atoms with van der Waals surface area (Å²) in [5, 5.41) is 0. The first-order chi connectivity index (χ1) is 11.0. The minimum atomic E-state index is -0.565. The number of hydrogen-bond donors (Lipinski definition) is 1. The SMILES string of the molecule is NC1=NCC2(CCc3c(cccc3-c3cc(F)cc(F)c3)C2)O1. The molecular formula is C18H16F2N2O. The Balaban J connectivity index is 1.74. The van der Waals surface area contributed by atoms with Gasteiger partial charge in [-0.2, -0.15) is 0 Å². The maximum Gasteiger partial charge on any atom is 0.282 e. The highest BCUT2D eigenvalue weighted by molar-refractivity contribution is 5.74. The van der Waals surface area contributed by atoms with Crippen LogP contribution in [0.4, 0.5) is 8.78 Å². The zero-order valence-electron chi connectivity index (χ0n) is 12.5. The Labute approximate surface area is 132 Å². The van der Waals surface area contributed by atoms with Crippen molar-refractivity contribution in [1.29, 1.82) is 0 Å². The lowest BCUT2D eigenvalue weighted by atomic mass is 9.78. The quantitative estimate of drug-likeness (QED) is 0.878. The van der Waals surface area contributed by atoms with Gasteiger partial charge in [-0.05, 0) is 47.2 Å². The van der Waals surface area contributed by atoms with Crippen LogP contribution in [0.3, 0.4) is 0 Å². The Morgan fingerprint density at radius 3 is 2.61 bits per heavy atom. The molecule has 0 radical (unpaired) electrons. The molecule has 1 heterocycles. The molecule has 2 aliphatic rings. The van der Waals surface area contributed by atoms with E-state index in [2.05, 4.69) is 4.99 Å². The second kappa shape index (κ2) is 5.05. The van der Waals surface area contributed by atoms with Gasteiger partial charge >= 0.3 is 0 Å². The van der Waals surface area contributed by atoms with Crippen LogP contribution in [0.5, 0.6) is 0 Å². The predicted molar refractivity (Wildman–Crippen MR) is 84.1 cm³/mol. The second-order valence-electron chi connectivity index (χ2n) is 6.22. The summed E-state index contributed by atoms with van der Waals surface area (Å²) in [5.41, 5.74) is 9.00. The highest BCUT2D eigenvalue weighted by Crippen LogP contribution is 2.38. The van der Waals surface area contributed by atoms with E-state index in [1.165, 1.54) is 12.1 Å². The van der Waals surface area contributed by atoms with E-state index in [4.69, 9.17) is 10.5 Å². The lowest BCUT2D eigenvalue weighted by molar-refractivity contribution is 0.0704. The number of rotatable bonds is 1. The number of hydrogen-bond acceptors (Lipinski definition) is 3. The Kier molecular flexibility index (Phi) is 3.11. The van der Waals surface area contributed by atoms with Gasteiger partial charge in [0.05, 0.1) is 6.54 Å². The van der Waals surface area contributed by atoms with Gasteiger partial charge in [-0.1, -0.05) is 18.2 Å². The summed E-state index contributed by atoms with van der Waals surface area (Å²) in [6.07, 6.45) is 2.27. The van der Waals surface area contributed by atoms with Crippen molar-refractivity contribution in [3.63, 3.8) is 0 Å². The number of amidine groups is 1.